The van der Waals surface area contributed by atoms with E-state index in [9.17, 15) is 32.5 Å². The molecule has 32 heavy (non-hydrogen) atoms. The first-order chi connectivity index (χ1) is 15.0. The standard InChI is InChI=1S/C20H22FN3O7S/c1-4-23(5-2)32(29,30)18-11-14(9-10-17(18)21)20(26)31-13(3)19(25)22-15-7-6-8-16(12-15)24(27)28/h6-13H,4-5H2,1-3H3,(H,22,25). The summed E-state index contributed by atoms with van der Waals surface area (Å²) < 4.78 is 45.5. The molecular formula is C20H22FN3O7S. The first-order valence-corrected chi connectivity index (χ1v) is 11.0. The van der Waals surface area contributed by atoms with Crippen LogP contribution < -0.4 is 5.32 Å². The molecule has 10 nitrogen and oxygen atoms in total. The van der Waals surface area contributed by atoms with Crippen molar-refractivity contribution in [3.8, 4) is 0 Å². The smallest absolute Gasteiger partial charge is 0.338 e. The van der Waals surface area contributed by atoms with E-state index < -0.39 is 43.6 Å². The highest BCUT2D eigenvalue weighted by Gasteiger charge is 2.27. The van der Waals surface area contributed by atoms with Crippen LogP contribution in [-0.2, 0) is 19.6 Å². The number of carbonyl (C=O) groups is 2. The fourth-order valence-electron chi connectivity index (χ4n) is 2.75. The normalized spacial score (nSPS) is 12.3. The van der Waals surface area contributed by atoms with Gasteiger partial charge in [0.15, 0.2) is 6.10 Å². The number of rotatable bonds is 9. The summed E-state index contributed by atoms with van der Waals surface area (Å²) in [6.07, 6.45) is -1.32. The number of nitrogens with zero attached hydrogens (tertiary/aromatic N) is 2. The van der Waals surface area contributed by atoms with Gasteiger partial charge >= 0.3 is 5.97 Å². The zero-order valence-electron chi connectivity index (χ0n) is 17.6. The highest BCUT2D eigenvalue weighted by Crippen LogP contribution is 2.22. The van der Waals surface area contributed by atoms with Crippen LogP contribution in [0.25, 0.3) is 0 Å². The number of anilines is 1. The monoisotopic (exact) mass is 467 g/mol. The van der Waals surface area contributed by atoms with Crippen LogP contribution in [0.4, 0.5) is 15.8 Å². The van der Waals surface area contributed by atoms with Gasteiger partial charge in [0.2, 0.25) is 10.0 Å². The lowest BCUT2D eigenvalue weighted by Gasteiger charge is -2.19. The number of benzene rings is 2. The topological polar surface area (TPSA) is 136 Å². The van der Waals surface area contributed by atoms with Crippen molar-refractivity contribution in [1.29, 1.82) is 0 Å². The number of halogens is 1. The van der Waals surface area contributed by atoms with E-state index in [0.717, 1.165) is 28.6 Å². The number of carbonyl (C=O) groups excluding carboxylic acids is 2. The number of amides is 1. The van der Waals surface area contributed by atoms with Crippen molar-refractivity contribution in [3.63, 3.8) is 0 Å². The second-order valence-electron chi connectivity index (χ2n) is 6.58. The SMILES string of the molecule is CCN(CC)S(=O)(=O)c1cc(C(=O)OC(C)C(=O)Nc2cccc([N+](=O)[O-])c2)ccc1F. The molecule has 0 fully saturated rings. The fourth-order valence-corrected chi connectivity index (χ4v) is 4.30. The molecule has 0 aliphatic carbocycles. The predicted octanol–water partition coefficient (Wildman–Crippen LogP) is 2.95. The molecule has 2 aromatic rings. The van der Waals surface area contributed by atoms with Crippen LogP contribution in [0.1, 0.15) is 31.1 Å². The Kier molecular flexibility index (Phi) is 8.00. The highest BCUT2D eigenvalue weighted by atomic mass is 32.2. The number of nitro benzene ring substituents is 1. The van der Waals surface area contributed by atoms with Gasteiger partial charge in [-0.05, 0) is 31.2 Å². The van der Waals surface area contributed by atoms with Crippen LogP contribution in [-0.4, -0.2) is 48.7 Å². The summed E-state index contributed by atoms with van der Waals surface area (Å²) in [7, 11) is -4.17. The lowest BCUT2D eigenvalue weighted by atomic mass is 10.2. The molecular weight excluding hydrogens is 445 g/mol. The average Bonchev–Trinajstić information content (AvgIpc) is 2.74. The molecule has 1 unspecified atom stereocenters. The molecule has 0 aliphatic rings. The molecule has 0 radical (unpaired) electrons. The second-order valence-corrected chi connectivity index (χ2v) is 8.49. The van der Waals surface area contributed by atoms with Crippen molar-refractivity contribution in [2.45, 2.75) is 31.8 Å². The molecule has 1 amide bonds. The summed E-state index contributed by atoms with van der Waals surface area (Å²) in [5, 5.41) is 13.2. The lowest BCUT2D eigenvalue weighted by molar-refractivity contribution is -0.384. The Labute approximate surface area is 184 Å². The van der Waals surface area contributed by atoms with Crippen LogP contribution in [0, 0.1) is 15.9 Å². The Bertz CT molecular complexity index is 1130. The predicted molar refractivity (Wildman–Crippen MR) is 113 cm³/mol. The summed E-state index contributed by atoms with van der Waals surface area (Å²) in [5.74, 6) is -2.83. The van der Waals surface area contributed by atoms with E-state index in [1.54, 1.807) is 13.8 Å². The Morgan fingerprint density at radius 2 is 1.84 bits per heavy atom. The van der Waals surface area contributed by atoms with Crippen molar-refractivity contribution in [3.05, 3.63) is 64.0 Å². The van der Waals surface area contributed by atoms with E-state index >= 15 is 0 Å². The van der Waals surface area contributed by atoms with E-state index in [1.807, 2.05) is 0 Å². The highest BCUT2D eigenvalue weighted by molar-refractivity contribution is 7.89. The molecule has 1 atom stereocenters. The maximum absolute atomic E-state index is 14.2. The molecule has 0 bridgehead atoms. The van der Waals surface area contributed by atoms with Gasteiger partial charge in [-0.15, -0.1) is 0 Å². The van der Waals surface area contributed by atoms with E-state index in [1.165, 1.54) is 25.1 Å². The maximum Gasteiger partial charge on any atom is 0.338 e. The van der Waals surface area contributed by atoms with Crippen molar-refractivity contribution in [2.75, 3.05) is 18.4 Å². The summed E-state index contributed by atoms with van der Waals surface area (Å²) in [6, 6.07) is 7.92. The van der Waals surface area contributed by atoms with Crippen molar-refractivity contribution < 1.29 is 32.1 Å². The summed E-state index contributed by atoms with van der Waals surface area (Å²) >= 11 is 0. The summed E-state index contributed by atoms with van der Waals surface area (Å²) in [5.41, 5.74) is -0.366. The lowest BCUT2D eigenvalue weighted by Crippen LogP contribution is -2.32. The minimum absolute atomic E-state index is 0.113. The number of sulfonamides is 1. The second kappa shape index (κ2) is 10.3. The Morgan fingerprint density at radius 3 is 2.44 bits per heavy atom. The first-order valence-electron chi connectivity index (χ1n) is 9.57. The summed E-state index contributed by atoms with van der Waals surface area (Å²) in [6.45, 7) is 4.68. The van der Waals surface area contributed by atoms with Crippen LogP contribution in [0.5, 0.6) is 0 Å². The van der Waals surface area contributed by atoms with Gasteiger partial charge in [-0.25, -0.2) is 17.6 Å². The molecule has 1 N–H and O–H groups in total. The number of esters is 1. The van der Waals surface area contributed by atoms with Gasteiger partial charge < -0.3 is 10.1 Å². The largest absolute Gasteiger partial charge is 0.449 e. The van der Waals surface area contributed by atoms with Crippen LogP contribution >= 0.6 is 0 Å². The number of nitro groups is 1. The fraction of sp³-hybridized carbons (Fsp3) is 0.300. The Morgan fingerprint density at radius 1 is 1.19 bits per heavy atom. The van der Waals surface area contributed by atoms with Crippen molar-refractivity contribution in [2.24, 2.45) is 0 Å². The van der Waals surface area contributed by atoms with Gasteiger partial charge in [0, 0.05) is 30.9 Å². The zero-order valence-corrected chi connectivity index (χ0v) is 18.4. The number of nitrogens with one attached hydrogen (secondary N) is 1. The third kappa shape index (κ3) is 5.65. The summed E-state index contributed by atoms with van der Waals surface area (Å²) in [4.78, 5) is 34.2. The van der Waals surface area contributed by atoms with Gasteiger partial charge in [0.05, 0.1) is 10.5 Å². The molecule has 2 rings (SSSR count). The number of hydrogen-bond donors (Lipinski definition) is 1. The van der Waals surface area contributed by atoms with Crippen molar-refractivity contribution >= 4 is 33.3 Å². The van der Waals surface area contributed by atoms with Gasteiger partial charge in [0.25, 0.3) is 11.6 Å². The van der Waals surface area contributed by atoms with E-state index in [0.29, 0.717) is 0 Å². The third-order valence-corrected chi connectivity index (χ3v) is 6.53. The van der Waals surface area contributed by atoms with E-state index in [2.05, 4.69) is 5.32 Å². The Hall–Kier alpha value is -3.38. The van der Waals surface area contributed by atoms with Gasteiger partial charge in [-0.2, -0.15) is 4.31 Å². The maximum atomic E-state index is 14.2. The molecule has 0 saturated carbocycles. The molecule has 0 aliphatic heterocycles. The molecule has 0 spiro atoms. The molecule has 0 aromatic heterocycles. The molecule has 0 heterocycles. The average molecular weight is 467 g/mol. The minimum atomic E-state index is -4.17. The van der Waals surface area contributed by atoms with E-state index in [-0.39, 0.29) is 30.0 Å². The van der Waals surface area contributed by atoms with Gasteiger partial charge in [-0.1, -0.05) is 19.9 Å². The van der Waals surface area contributed by atoms with Crippen LogP contribution in [0.15, 0.2) is 47.4 Å². The molecule has 0 saturated heterocycles. The quantitative estimate of drug-likeness (QED) is 0.340. The molecule has 172 valence electrons. The third-order valence-electron chi connectivity index (χ3n) is 4.47. The minimum Gasteiger partial charge on any atom is -0.449 e. The van der Waals surface area contributed by atoms with Gasteiger partial charge in [-0.3, -0.25) is 14.9 Å². The molecule has 2 aromatic carbocycles. The number of ether oxygens (including phenoxy) is 1. The zero-order chi connectivity index (χ0) is 24.1. The van der Waals surface area contributed by atoms with Gasteiger partial charge in [0.1, 0.15) is 10.7 Å². The molecule has 12 heteroatoms. The van der Waals surface area contributed by atoms with Crippen molar-refractivity contribution in [1.82, 2.24) is 4.31 Å². The number of hydrogen-bond acceptors (Lipinski definition) is 7. The Balaban J connectivity index is 2.17. The number of non-ortho nitro benzene ring substituents is 1. The first kappa shape index (κ1) is 24.9. The van der Waals surface area contributed by atoms with Crippen LogP contribution in [0.2, 0.25) is 0 Å². The van der Waals surface area contributed by atoms with Crippen LogP contribution in [0.3, 0.4) is 0 Å². The van der Waals surface area contributed by atoms with E-state index in [4.69, 9.17) is 4.74 Å².